The van der Waals surface area contributed by atoms with Crippen molar-refractivity contribution in [3.05, 3.63) is 10.6 Å². The highest BCUT2D eigenvalue weighted by atomic mass is 35.5. The van der Waals surface area contributed by atoms with E-state index in [0.717, 1.165) is 0 Å². The first kappa shape index (κ1) is 13.2. The molecule has 5 heteroatoms. The van der Waals surface area contributed by atoms with E-state index in [0.29, 0.717) is 12.8 Å². The molecule has 0 aromatic rings. The first-order valence-corrected chi connectivity index (χ1v) is 5.38. The third-order valence-electron chi connectivity index (χ3n) is 1.35. The van der Waals surface area contributed by atoms with Gasteiger partial charge in [0.15, 0.2) is 0 Å². The fraction of sp³-hybridized carbons (Fsp3) is 0.714. The molecule has 0 bridgehead atoms. The molecular formula is C7H9Cl5. The summed E-state index contributed by atoms with van der Waals surface area (Å²) >= 11 is 28.5. The van der Waals surface area contributed by atoms with Crippen LogP contribution < -0.4 is 0 Å². The largest absolute Gasteiger partial charge is 0.138 e. The summed E-state index contributed by atoms with van der Waals surface area (Å²) in [6.45, 7) is 1.91. The Labute approximate surface area is 97.8 Å². The number of alkyl halides is 3. The summed E-state index contributed by atoms with van der Waals surface area (Å²) in [5, 5.41) is -0.301. The van der Waals surface area contributed by atoms with E-state index in [-0.39, 0.29) is 9.87 Å². The van der Waals surface area contributed by atoms with Gasteiger partial charge < -0.3 is 0 Å². The monoisotopic (exact) mass is 268 g/mol. The zero-order valence-electron chi connectivity index (χ0n) is 6.46. The average molecular weight is 270 g/mol. The van der Waals surface area contributed by atoms with Crippen molar-refractivity contribution in [2.24, 2.45) is 0 Å². The molecule has 0 aromatic carbocycles. The predicted molar refractivity (Wildman–Crippen MR) is 58.8 cm³/mol. The molecule has 0 fully saturated rings. The molecule has 0 aromatic heterocycles. The summed E-state index contributed by atoms with van der Waals surface area (Å²) in [4.78, 5) is 0. The van der Waals surface area contributed by atoms with Crippen LogP contribution in [0.2, 0.25) is 0 Å². The van der Waals surface area contributed by atoms with Crippen LogP contribution in [0.3, 0.4) is 0 Å². The van der Waals surface area contributed by atoms with Crippen LogP contribution in [0.15, 0.2) is 10.6 Å². The fourth-order valence-electron chi connectivity index (χ4n) is 0.640. The van der Waals surface area contributed by atoms with Crippen LogP contribution in [0.25, 0.3) is 0 Å². The van der Waals surface area contributed by atoms with Crippen molar-refractivity contribution in [2.45, 2.75) is 29.5 Å². The molecular weight excluding hydrogens is 261 g/mol. The molecule has 0 amide bonds. The molecule has 1 unspecified atom stereocenters. The van der Waals surface area contributed by atoms with E-state index in [9.17, 15) is 0 Å². The van der Waals surface area contributed by atoms with Crippen LogP contribution in [-0.4, -0.2) is 9.71 Å². The second kappa shape index (κ2) is 5.82. The maximum atomic E-state index is 5.90. The van der Waals surface area contributed by atoms with Crippen molar-refractivity contribution in [2.75, 3.05) is 0 Å². The third-order valence-corrected chi connectivity index (χ3v) is 3.39. The Hall–Kier alpha value is 1.19. The first-order chi connectivity index (χ1) is 5.40. The Bertz CT molecular complexity index is 159. The van der Waals surface area contributed by atoms with Crippen LogP contribution in [-0.2, 0) is 0 Å². The lowest BCUT2D eigenvalue weighted by molar-refractivity contribution is 0.693. The van der Waals surface area contributed by atoms with E-state index >= 15 is 0 Å². The van der Waals surface area contributed by atoms with Crippen molar-refractivity contribution in [3.63, 3.8) is 0 Å². The van der Waals surface area contributed by atoms with Gasteiger partial charge in [0, 0.05) is 6.42 Å². The highest BCUT2D eigenvalue weighted by molar-refractivity contribution is 6.56. The standard InChI is InChI=1S/C7H9Cl5/c1-2-5(8)7(11,12)4-3-6(9)10/h3,5H,2,4H2,1H3. The molecule has 0 saturated carbocycles. The lowest BCUT2D eigenvalue weighted by atomic mass is 10.2. The van der Waals surface area contributed by atoms with E-state index in [1.54, 1.807) is 0 Å². The second-order valence-corrected chi connectivity index (χ2v) is 5.41. The van der Waals surface area contributed by atoms with Crippen molar-refractivity contribution in [1.29, 1.82) is 0 Å². The molecule has 0 nitrogen and oxygen atoms in total. The molecule has 0 saturated heterocycles. The van der Waals surface area contributed by atoms with E-state index < -0.39 is 4.33 Å². The minimum Gasteiger partial charge on any atom is -0.120 e. The minimum absolute atomic E-state index is 0.153. The Morgan fingerprint density at radius 2 is 1.92 bits per heavy atom. The molecule has 0 aliphatic rings. The average Bonchev–Trinajstić information content (AvgIpc) is 1.99. The smallest absolute Gasteiger partial charge is 0.120 e. The third kappa shape index (κ3) is 5.04. The molecule has 0 rings (SSSR count). The van der Waals surface area contributed by atoms with Gasteiger partial charge in [0.05, 0.1) is 5.38 Å². The molecule has 0 aliphatic carbocycles. The van der Waals surface area contributed by atoms with Gasteiger partial charge in [0.2, 0.25) is 0 Å². The van der Waals surface area contributed by atoms with E-state index in [1.807, 2.05) is 6.92 Å². The summed E-state index contributed by atoms with van der Waals surface area (Å²) in [6, 6.07) is 0. The molecule has 0 radical (unpaired) electrons. The van der Waals surface area contributed by atoms with Gasteiger partial charge in [-0.2, -0.15) is 0 Å². The topological polar surface area (TPSA) is 0 Å². The Kier molecular flexibility index (Phi) is 6.40. The summed E-state index contributed by atoms with van der Waals surface area (Å²) < 4.78 is -0.841. The quantitative estimate of drug-likeness (QED) is 0.638. The molecule has 0 heterocycles. The van der Waals surface area contributed by atoms with Gasteiger partial charge in [-0.25, -0.2) is 0 Å². The Morgan fingerprint density at radius 1 is 1.42 bits per heavy atom. The maximum absolute atomic E-state index is 5.90. The van der Waals surface area contributed by atoms with Gasteiger partial charge in [-0.05, 0) is 6.42 Å². The molecule has 12 heavy (non-hydrogen) atoms. The summed E-state index contributed by atoms with van der Waals surface area (Å²) in [5.74, 6) is 0. The molecule has 1 atom stereocenters. The molecule has 0 N–H and O–H groups in total. The van der Waals surface area contributed by atoms with Gasteiger partial charge in [-0.15, -0.1) is 11.6 Å². The fourth-order valence-corrected chi connectivity index (χ4v) is 1.35. The first-order valence-electron chi connectivity index (χ1n) is 3.43. The van der Waals surface area contributed by atoms with Gasteiger partial charge in [-0.1, -0.05) is 59.4 Å². The van der Waals surface area contributed by atoms with Crippen molar-refractivity contribution in [3.8, 4) is 0 Å². The lowest BCUT2D eigenvalue weighted by Gasteiger charge is -2.22. The van der Waals surface area contributed by atoms with Crippen molar-refractivity contribution < 1.29 is 0 Å². The van der Waals surface area contributed by atoms with Gasteiger partial charge in [-0.3, -0.25) is 0 Å². The highest BCUT2D eigenvalue weighted by Gasteiger charge is 2.30. The summed E-state index contributed by atoms with van der Waals surface area (Å²) in [6.07, 6.45) is 2.58. The molecule has 0 aliphatic heterocycles. The Morgan fingerprint density at radius 3 is 2.25 bits per heavy atom. The van der Waals surface area contributed by atoms with E-state index in [4.69, 9.17) is 58.0 Å². The molecule has 72 valence electrons. The van der Waals surface area contributed by atoms with Gasteiger partial charge in [0.1, 0.15) is 8.82 Å². The number of hydrogen-bond donors (Lipinski definition) is 0. The van der Waals surface area contributed by atoms with Gasteiger partial charge in [0.25, 0.3) is 0 Å². The normalized spacial score (nSPS) is 14.2. The summed E-state index contributed by atoms with van der Waals surface area (Å²) in [7, 11) is 0. The second-order valence-electron chi connectivity index (χ2n) is 2.33. The van der Waals surface area contributed by atoms with Crippen molar-refractivity contribution >= 4 is 58.0 Å². The SMILES string of the molecule is CCC(Cl)C(Cl)(Cl)CC=C(Cl)Cl. The number of allylic oxidation sites excluding steroid dienone is 1. The van der Waals surface area contributed by atoms with Crippen LogP contribution in [0.4, 0.5) is 0 Å². The van der Waals surface area contributed by atoms with Crippen LogP contribution >= 0.6 is 58.0 Å². The predicted octanol–water partition coefficient (Wildman–Crippen LogP) is 4.89. The maximum Gasteiger partial charge on any atom is 0.138 e. The number of hydrogen-bond acceptors (Lipinski definition) is 0. The molecule has 0 spiro atoms. The zero-order valence-corrected chi connectivity index (χ0v) is 10.2. The lowest BCUT2D eigenvalue weighted by Crippen LogP contribution is -2.24. The van der Waals surface area contributed by atoms with Crippen molar-refractivity contribution in [1.82, 2.24) is 0 Å². The van der Waals surface area contributed by atoms with Crippen LogP contribution in [0.5, 0.6) is 0 Å². The summed E-state index contributed by atoms with van der Waals surface area (Å²) in [5.41, 5.74) is 0. The minimum atomic E-state index is -0.995. The van der Waals surface area contributed by atoms with E-state index in [2.05, 4.69) is 0 Å². The number of rotatable bonds is 4. The zero-order chi connectivity index (χ0) is 9.78. The van der Waals surface area contributed by atoms with E-state index in [1.165, 1.54) is 6.08 Å². The van der Waals surface area contributed by atoms with Crippen LogP contribution in [0.1, 0.15) is 19.8 Å². The Balaban J connectivity index is 4.12. The highest BCUT2D eigenvalue weighted by Crippen LogP contribution is 2.35. The van der Waals surface area contributed by atoms with Gasteiger partial charge >= 0.3 is 0 Å². The number of halogens is 5. The van der Waals surface area contributed by atoms with Crippen LogP contribution in [0, 0.1) is 0 Å².